The zero-order valence-corrected chi connectivity index (χ0v) is 13.9. The van der Waals surface area contributed by atoms with E-state index in [0.717, 1.165) is 37.2 Å². The van der Waals surface area contributed by atoms with Gasteiger partial charge in [0.15, 0.2) is 0 Å². The molecule has 1 aliphatic rings. The minimum absolute atomic E-state index is 0.163. The molecule has 0 spiro atoms. The van der Waals surface area contributed by atoms with Crippen molar-refractivity contribution < 1.29 is 4.39 Å². The predicted molar refractivity (Wildman–Crippen MR) is 87.2 cm³/mol. The topological polar surface area (TPSA) is 6.48 Å². The Morgan fingerprint density at radius 2 is 1.70 bits per heavy atom. The molecule has 1 saturated heterocycles. The van der Waals surface area contributed by atoms with Gasteiger partial charge < -0.3 is 4.90 Å². The maximum absolute atomic E-state index is 12.9. The summed E-state index contributed by atoms with van der Waals surface area (Å²) in [4.78, 5) is 4.89. The third-order valence-electron chi connectivity index (χ3n) is 4.20. The SMILES string of the molecule is CC(C)C(CBr)CN1CCN(c2ccc(F)cc2)CC1. The summed E-state index contributed by atoms with van der Waals surface area (Å²) in [6, 6.07) is 6.84. The van der Waals surface area contributed by atoms with Crippen LogP contribution in [-0.4, -0.2) is 43.0 Å². The number of benzene rings is 1. The Labute approximate surface area is 130 Å². The van der Waals surface area contributed by atoms with E-state index in [1.165, 1.54) is 6.54 Å². The van der Waals surface area contributed by atoms with Gasteiger partial charge in [-0.2, -0.15) is 0 Å². The first-order chi connectivity index (χ1) is 9.60. The molecule has 2 nitrogen and oxygen atoms in total. The lowest BCUT2D eigenvalue weighted by molar-refractivity contribution is 0.204. The van der Waals surface area contributed by atoms with E-state index in [9.17, 15) is 4.39 Å². The zero-order valence-electron chi connectivity index (χ0n) is 12.4. The van der Waals surface area contributed by atoms with Gasteiger partial charge in [-0.15, -0.1) is 0 Å². The highest BCUT2D eigenvalue weighted by atomic mass is 79.9. The van der Waals surface area contributed by atoms with Gasteiger partial charge in [-0.3, -0.25) is 4.90 Å². The number of rotatable bonds is 5. The van der Waals surface area contributed by atoms with Gasteiger partial charge in [0.25, 0.3) is 0 Å². The molecule has 0 bridgehead atoms. The van der Waals surface area contributed by atoms with Gasteiger partial charge in [-0.25, -0.2) is 4.39 Å². The second-order valence-electron chi connectivity index (χ2n) is 5.92. The van der Waals surface area contributed by atoms with E-state index in [-0.39, 0.29) is 5.82 Å². The van der Waals surface area contributed by atoms with E-state index in [1.54, 1.807) is 12.1 Å². The molecule has 1 atom stereocenters. The van der Waals surface area contributed by atoms with Crippen LogP contribution in [0.5, 0.6) is 0 Å². The molecule has 0 N–H and O–H groups in total. The first-order valence-corrected chi connectivity index (χ1v) is 8.51. The van der Waals surface area contributed by atoms with Crippen LogP contribution in [0.15, 0.2) is 24.3 Å². The number of alkyl halides is 1. The Bertz CT molecular complexity index is 399. The van der Waals surface area contributed by atoms with Crippen molar-refractivity contribution in [2.75, 3.05) is 43.0 Å². The quantitative estimate of drug-likeness (QED) is 0.754. The molecule has 0 aromatic heterocycles. The minimum Gasteiger partial charge on any atom is -0.369 e. The number of piperazine rings is 1. The van der Waals surface area contributed by atoms with Crippen molar-refractivity contribution in [3.63, 3.8) is 0 Å². The zero-order chi connectivity index (χ0) is 14.5. The van der Waals surface area contributed by atoms with Gasteiger partial charge >= 0.3 is 0 Å². The minimum atomic E-state index is -0.163. The first-order valence-electron chi connectivity index (χ1n) is 7.39. The van der Waals surface area contributed by atoms with Crippen LogP contribution in [0.1, 0.15) is 13.8 Å². The van der Waals surface area contributed by atoms with Crippen molar-refractivity contribution >= 4 is 21.6 Å². The lowest BCUT2D eigenvalue weighted by Crippen LogP contribution is -2.48. The predicted octanol–water partition coefficient (Wildman–Crippen LogP) is 3.61. The maximum atomic E-state index is 12.9. The van der Waals surface area contributed by atoms with Crippen molar-refractivity contribution in [3.8, 4) is 0 Å². The van der Waals surface area contributed by atoms with E-state index in [0.29, 0.717) is 11.8 Å². The standard InChI is InChI=1S/C16H24BrFN2/c1-13(2)14(11-17)12-19-7-9-20(10-8-19)16-5-3-15(18)4-6-16/h3-6,13-14H,7-12H2,1-2H3. The van der Waals surface area contributed by atoms with Crippen LogP contribution in [0.25, 0.3) is 0 Å². The van der Waals surface area contributed by atoms with Crippen molar-refractivity contribution in [3.05, 3.63) is 30.1 Å². The summed E-state index contributed by atoms with van der Waals surface area (Å²) in [5.41, 5.74) is 1.13. The van der Waals surface area contributed by atoms with Crippen LogP contribution in [-0.2, 0) is 0 Å². The second kappa shape index (κ2) is 7.41. The molecule has 1 heterocycles. The van der Waals surface area contributed by atoms with Gasteiger partial charge in [0.2, 0.25) is 0 Å². The molecular weight excluding hydrogens is 319 g/mol. The molecule has 1 aromatic rings. The molecule has 1 unspecified atom stereocenters. The van der Waals surface area contributed by atoms with Crippen LogP contribution in [0, 0.1) is 17.7 Å². The van der Waals surface area contributed by atoms with Gasteiger partial charge in [0.05, 0.1) is 0 Å². The third kappa shape index (κ3) is 4.19. The van der Waals surface area contributed by atoms with Crippen molar-refractivity contribution in [1.82, 2.24) is 4.90 Å². The van der Waals surface area contributed by atoms with E-state index in [2.05, 4.69) is 39.6 Å². The van der Waals surface area contributed by atoms with Crippen LogP contribution in [0.2, 0.25) is 0 Å². The molecular formula is C16H24BrFN2. The number of halogens is 2. The molecule has 4 heteroatoms. The van der Waals surface area contributed by atoms with Gasteiger partial charge in [-0.05, 0) is 36.1 Å². The number of hydrogen-bond acceptors (Lipinski definition) is 2. The lowest BCUT2D eigenvalue weighted by Gasteiger charge is -2.38. The van der Waals surface area contributed by atoms with Crippen LogP contribution in [0.3, 0.4) is 0 Å². The number of hydrogen-bond donors (Lipinski definition) is 0. The molecule has 0 saturated carbocycles. The molecule has 1 fully saturated rings. The summed E-state index contributed by atoms with van der Waals surface area (Å²) in [6.45, 7) is 9.99. The molecule has 0 radical (unpaired) electrons. The molecule has 2 rings (SSSR count). The highest BCUT2D eigenvalue weighted by Gasteiger charge is 2.21. The second-order valence-corrected chi connectivity index (χ2v) is 6.57. The van der Waals surface area contributed by atoms with Crippen molar-refractivity contribution in [2.24, 2.45) is 11.8 Å². The van der Waals surface area contributed by atoms with Gasteiger partial charge in [0.1, 0.15) is 5.82 Å². The van der Waals surface area contributed by atoms with E-state index in [1.807, 2.05) is 12.1 Å². The molecule has 20 heavy (non-hydrogen) atoms. The molecule has 112 valence electrons. The maximum Gasteiger partial charge on any atom is 0.123 e. The Morgan fingerprint density at radius 1 is 1.10 bits per heavy atom. The van der Waals surface area contributed by atoms with Crippen LogP contribution >= 0.6 is 15.9 Å². The summed E-state index contributed by atoms with van der Waals surface area (Å²) in [7, 11) is 0. The molecule has 1 aliphatic heterocycles. The monoisotopic (exact) mass is 342 g/mol. The average molecular weight is 343 g/mol. The summed E-state index contributed by atoms with van der Waals surface area (Å²) in [5, 5.41) is 1.07. The normalized spacial score (nSPS) is 18.6. The highest BCUT2D eigenvalue weighted by molar-refractivity contribution is 9.09. The average Bonchev–Trinajstić information content (AvgIpc) is 2.46. The fourth-order valence-corrected chi connectivity index (χ4v) is 3.56. The lowest BCUT2D eigenvalue weighted by atomic mass is 9.97. The number of nitrogens with zero attached hydrogens (tertiary/aromatic N) is 2. The summed E-state index contributed by atoms with van der Waals surface area (Å²) in [5.74, 6) is 1.27. The Kier molecular flexibility index (Phi) is 5.85. The molecule has 0 aliphatic carbocycles. The van der Waals surface area contributed by atoms with E-state index >= 15 is 0 Å². The number of anilines is 1. The van der Waals surface area contributed by atoms with E-state index in [4.69, 9.17) is 0 Å². The van der Waals surface area contributed by atoms with Crippen LogP contribution < -0.4 is 4.90 Å². The molecule has 1 aromatic carbocycles. The summed E-state index contributed by atoms with van der Waals surface area (Å²) in [6.07, 6.45) is 0. The summed E-state index contributed by atoms with van der Waals surface area (Å²) < 4.78 is 12.9. The third-order valence-corrected chi connectivity index (χ3v) is 5.03. The Hall–Kier alpha value is -0.610. The fourth-order valence-electron chi connectivity index (χ4n) is 2.61. The van der Waals surface area contributed by atoms with Crippen molar-refractivity contribution in [2.45, 2.75) is 13.8 Å². The van der Waals surface area contributed by atoms with Crippen molar-refractivity contribution in [1.29, 1.82) is 0 Å². The van der Waals surface area contributed by atoms with E-state index < -0.39 is 0 Å². The Morgan fingerprint density at radius 3 is 2.20 bits per heavy atom. The highest BCUT2D eigenvalue weighted by Crippen LogP contribution is 2.19. The smallest absolute Gasteiger partial charge is 0.123 e. The van der Waals surface area contributed by atoms with Gasteiger partial charge in [0, 0.05) is 43.7 Å². The first kappa shape index (κ1) is 15.8. The summed E-state index contributed by atoms with van der Waals surface area (Å²) >= 11 is 3.63. The fraction of sp³-hybridized carbons (Fsp3) is 0.625. The Balaban J connectivity index is 1.84. The van der Waals surface area contributed by atoms with Gasteiger partial charge in [-0.1, -0.05) is 29.8 Å². The van der Waals surface area contributed by atoms with Crippen LogP contribution in [0.4, 0.5) is 10.1 Å². The largest absolute Gasteiger partial charge is 0.369 e. The molecule has 0 amide bonds.